The maximum atomic E-state index is 13.3. The lowest BCUT2D eigenvalue weighted by Crippen LogP contribution is -2.48. The highest BCUT2D eigenvalue weighted by Gasteiger charge is 2.47. The van der Waals surface area contributed by atoms with Crippen molar-refractivity contribution in [3.05, 3.63) is 23.0 Å². The van der Waals surface area contributed by atoms with Crippen molar-refractivity contribution in [1.82, 2.24) is 20.1 Å². The summed E-state index contributed by atoms with van der Waals surface area (Å²) in [5.41, 5.74) is 6.75. The van der Waals surface area contributed by atoms with Gasteiger partial charge < -0.3 is 10.6 Å². The number of hydrogen-bond donors (Lipinski definition) is 2. The van der Waals surface area contributed by atoms with E-state index in [4.69, 9.17) is 5.73 Å². The van der Waals surface area contributed by atoms with Gasteiger partial charge in [0, 0.05) is 12.6 Å². The summed E-state index contributed by atoms with van der Waals surface area (Å²) in [6, 6.07) is -0.552. The summed E-state index contributed by atoms with van der Waals surface area (Å²) in [4.78, 5) is 58.0. The molecule has 3 N–H and O–H groups in total. The van der Waals surface area contributed by atoms with E-state index < -0.39 is 5.54 Å². The number of nitrogen functional groups attached to an aromatic ring is 1. The fraction of sp³-hybridized carbons (Fsp3) is 0.609. The van der Waals surface area contributed by atoms with Crippen LogP contribution in [0.3, 0.4) is 0 Å². The molecule has 1 saturated heterocycles. The lowest BCUT2D eigenvalue weighted by Gasteiger charge is -2.37. The van der Waals surface area contributed by atoms with Crippen molar-refractivity contribution < 1.29 is 19.2 Å². The van der Waals surface area contributed by atoms with Gasteiger partial charge in [-0.25, -0.2) is 4.79 Å². The maximum absolute atomic E-state index is 13.3. The molecule has 0 spiro atoms. The molecule has 1 aliphatic carbocycles. The zero-order chi connectivity index (χ0) is 23.2. The number of hydrogen-bond acceptors (Lipinski definition) is 6. The predicted molar refractivity (Wildman–Crippen MR) is 118 cm³/mol. The Hall–Kier alpha value is -2.97. The number of nitrogens with one attached hydrogen (secondary N) is 1. The number of imide groups is 2. The van der Waals surface area contributed by atoms with Gasteiger partial charge in [0.05, 0.1) is 28.7 Å². The summed E-state index contributed by atoms with van der Waals surface area (Å²) in [7, 11) is 0. The topological polar surface area (TPSA) is 126 Å². The lowest BCUT2D eigenvalue weighted by molar-refractivity contribution is -0.125. The molecule has 2 fully saturated rings. The van der Waals surface area contributed by atoms with E-state index in [1.54, 1.807) is 18.7 Å². The first-order valence-electron chi connectivity index (χ1n) is 11.4. The molecule has 0 aromatic carbocycles. The number of aromatic nitrogens is 1. The van der Waals surface area contributed by atoms with Crippen molar-refractivity contribution in [1.29, 1.82) is 0 Å². The van der Waals surface area contributed by atoms with Crippen molar-refractivity contribution in [3.8, 4) is 0 Å². The van der Waals surface area contributed by atoms with E-state index in [0.717, 1.165) is 25.7 Å². The number of carbonyl (C=O) groups is 4. The molecule has 1 saturated carbocycles. The van der Waals surface area contributed by atoms with Crippen molar-refractivity contribution >= 4 is 29.4 Å². The Morgan fingerprint density at radius 3 is 2.34 bits per heavy atom. The average molecular weight is 442 g/mol. The van der Waals surface area contributed by atoms with Crippen LogP contribution < -0.4 is 11.1 Å². The van der Waals surface area contributed by atoms with E-state index in [9.17, 15) is 19.2 Å². The second-order valence-electron chi connectivity index (χ2n) is 9.60. The predicted octanol–water partition coefficient (Wildman–Crippen LogP) is 2.49. The molecular formula is C23H31N5O4. The smallest absolute Gasteiger partial charge is 0.325 e. The van der Waals surface area contributed by atoms with Gasteiger partial charge in [-0.15, -0.1) is 0 Å². The van der Waals surface area contributed by atoms with Gasteiger partial charge in [0.15, 0.2) is 0 Å². The second kappa shape index (κ2) is 8.18. The Balaban J connectivity index is 1.46. The van der Waals surface area contributed by atoms with Crippen LogP contribution in [0, 0.1) is 5.92 Å². The Labute approximate surface area is 187 Å². The lowest BCUT2D eigenvalue weighted by atomic mass is 9.84. The minimum atomic E-state index is -0.865. The molecule has 2 aliphatic heterocycles. The zero-order valence-electron chi connectivity index (χ0n) is 18.9. The average Bonchev–Trinajstić information content (AvgIpc) is 3.13. The van der Waals surface area contributed by atoms with Gasteiger partial charge in [-0.05, 0) is 58.3 Å². The Morgan fingerprint density at radius 2 is 1.75 bits per heavy atom. The van der Waals surface area contributed by atoms with Gasteiger partial charge in [-0.2, -0.15) is 0 Å². The summed E-state index contributed by atoms with van der Waals surface area (Å²) in [6.07, 6.45) is 6.85. The third kappa shape index (κ3) is 3.53. The molecule has 1 aromatic heterocycles. The Kier molecular flexibility index (Phi) is 5.68. The fourth-order valence-corrected chi connectivity index (χ4v) is 5.07. The second-order valence-corrected chi connectivity index (χ2v) is 9.60. The summed E-state index contributed by atoms with van der Waals surface area (Å²) < 4.78 is 0. The summed E-state index contributed by atoms with van der Waals surface area (Å²) in [5, 5.41) is 2.38. The standard InChI is InChI=1S/C23H31N5O4/c1-4-5-6-16-18-17(15(24)11-25-16)19(29)28(20(18)30)14-9-7-13(8-10-14)12-27-22(32)26-21(31)23(27,2)3/h11,13-14H,4-10,12,24H2,1-3H3,(H,26,31,32). The zero-order valence-corrected chi connectivity index (χ0v) is 18.9. The van der Waals surface area contributed by atoms with Crippen molar-refractivity contribution in [3.63, 3.8) is 0 Å². The number of nitrogens with two attached hydrogens (primary N) is 1. The Morgan fingerprint density at radius 1 is 1.09 bits per heavy atom. The first kappa shape index (κ1) is 22.2. The van der Waals surface area contributed by atoms with E-state index in [-0.39, 0.29) is 41.4 Å². The summed E-state index contributed by atoms with van der Waals surface area (Å²) in [6.45, 7) is 6.04. The molecule has 4 rings (SSSR count). The molecule has 0 atom stereocenters. The Bertz CT molecular complexity index is 981. The largest absolute Gasteiger partial charge is 0.397 e. The highest BCUT2D eigenvalue weighted by molar-refractivity contribution is 6.24. The first-order chi connectivity index (χ1) is 15.2. The van der Waals surface area contributed by atoms with Crippen LogP contribution in [0.1, 0.15) is 85.7 Å². The number of rotatable bonds is 6. The van der Waals surface area contributed by atoms with E-state index >= 15 is 0 Å². The molecule has 32 heavy (non-hydrogen) atoms. The first-order valence-corrected chi connectivity index (χ1v) is 11.4. The summed E-state index contributed by atoms with van der Waals surface area (Å²) >= 11 is 0. The van der Waals surface area contributed by atoms with Crippen molar-refractivity contribution in [2.45, 2.75) is 77.3 Å². The summed E-state index contributed by atoms with van der Waals surface area (Å²) in [5.74, 6) is -0.682. The van der Waals surface area contributed by atoms with E-state index in [0.29, 0.717) is 42.6 Å². The van der Waals surface area contributed by atoms with Crippen LogP contribution in [0.4, 0.5) is 10.5 Å². The number of urea groups is 1. The third-order valence-electron chi connectivity index (χ3n) is 7.14. The SMILES string of the molecule is CCCCc1ncc(N)c2c1C(=O)N(C1CCC(CN3C(=O)NC(=O)C3(C)C)CC1)C2=O. The molecule has 0 bridgehead atoms. The van der Waals surface area contributed by atoms with Crippen LogP contribution in [0.15, 0.2) is 6.20 Å². The third-order valence-corrected chi connectivity index (χ3v) is 7.14. The van der Waals surface area contributed by atoms with Crippen LogP contribution in [-0.2, 0) is 11.2 Å². The van der Waals surface area contributed by atoms with E-state index in [1.807, 2.05) is 0 Å². The van der Waals surface area contributed by atoms with E-state index in [1.165, 1.54) is 11.1 Å². The number of aryl methyl sites for hydroxylation is 1. The quantitative estimate of drug-likeness (QED) is 0.516. The van der Waals surface area contributed by atoms with Crippen LogP contribution >= 0.6 is 0 Å². The van der Waals surface area contributed by atoms with Gasteiger partial charge in [0.25, 0.3) is 17.7 Å². The van der Waals surface area contributed by atoms with Gasteiger partial charge in [-0.1, -0.05) is 13.3 Å². The molecule has 9 heteroatoms. The maximum Gasteiger partial charge on any atom is 0.325 e. The number of amides is 5. The van der Waals surface area contributed by atoms with Crippen LogP contribution in [-0.4, -0.2) is 56.7 Å². The van der Waals surface area contributed by atoms with Crippen LogP contribution in [0.25, 0.3) is 0 Å². The van der Waals surface area contributed by atoms with Gasteiger partial charge >= 0.3 is 6.03 Å². The molecule has 3 heterocycles. The van der Waals surface area contributed by atoms with E-state index in [2.05, 4.69) is 17.2 Å². The van der Waals surface area contributed by atoms with Crippen molar-refractivity contribution in [2.75, 3.05) is 12.3 Å². The molecule has 5 amide bonds. The highest BCUT2D eigenvalue weighted by atomic mass is 16.2. The molecule has 0 radical (unpaired) electrons. The molecule has 3 aliphatic rings. The monoisotopic (exact) mass is 441 g/mol. The van der Waals surface area contributed by atoms with Crippen LogP contribution in [0.2, 0.25) is 0 Å². The normalized spacial score (nSPS) is 24.8. The number of unbranched alkanes of at least 4 members (excludes halogenated alkanes) is 1. The number of fused-ring (bicyclic) bond motifs is 1. The van der Waals surface area contributed by atoms with Crippen LogP contribution in [0.5, 0.6) is 0 Å². The highest BCUT2D eigenvalue weighted by Crippen LogP contribution is 2.37. The number of pyridine rings is 1. The fourth-order valence-electron chi connectivity index (χ4n) is 5.07. The van der Waals surface area contributed by atoms with Gasteiger partial charge in [0.1, 0.15) is 5.54 Å². The van der Waals surface area contributed by atoms with Gasteiger partial charge in [0.2, 0.25) is 0 Å². The molecular weight excluding hydrogens is 410 g/mol. The molecule has 9 nitrogen and oxygen atoms in total. The van der Waals surface area contributed by atoms with Gasteiger partial charge in [-0.3, -0.25) is 29.6 Å². The number of anilines is 1. The molecule has 172 valence electrons. The molecule has 1 aromatic rings. The minimum absolute atomic E-state index is 0.195. The number of nitrogens with zero attached hydrogens (tertiary/aromatic N) is 3. The van der Waals surface area contributed by atoms with Crippen molar-refractivity contribution in [2.24, 2.45) is 5.92 Å². The number of carbonyl (C=O) groups excluding carboxylic acids is 4. The molecule has 0 unspecified atom stereocenters. The minimum Gasteiger partial charge on any atom is -0.397 e.